The number of nitrogens with zero attached hydrogens (tertiary/aromatic N) is 1. The first kappa shape index (κ1) is 8.78. The van der Waals surface area contributed by atoms with E-state index in [2.05, 4.69) is 6.07 Å². The van der Waals surface area contributed by atoms with Gasteiger partial charge in [-0.3, -0.25) is 0 Å². The monoisotopic (exact) mass is 145 g/mol. The van der Waals surface area contributed by atoms with Gasteiger partial charge in [-0.15, -0.1) is 11.6 Å². The van der Waals surface area contributed by atoms with E-state index in [0.29, 0.717) is 0 Å². The Labute approximate surface area is 61.6 Å². The Morgan fingerprint density at radius 3 is 1.89 bits per heavy atom. The van der Waals surface area contributed by atoms with Crippen molar-refractivity contribution in [1.82, 2.24) is 0 Å². The normalized spacial score (nSPS) is 19.9. The molecule has 0 aliphatic heterocycles. The zero-order valence-corrected chi connectivity index (χ0v) is 6.81. The van der Waals surface area contributed by atoms with E-state index >= 15 is 0 Å². The molecule has 0 fully saturated rings. The zero-order chi connectivity index (χ0) is 7.44. The Hall–Kier alpha value is -0.220. The van der Waals surface area contributed by atoms with E-state index < -0.39 is 0 Å². The lowest BCUT2D eigenvalue weighted by Gasteiger charge is -2.14. The van der Waals surface area contributed by atoms with Crippen LogP contribution in [0.1, 0.15) is 20.8 Å². The van der Waals surface area contributed by atoms with Crippen LogP contribution in [0, 0.1) is 23.2 Å². The minimum Gasteiger partial charge on any atom is -0.198 e. The summed E-state index contributed by atoms with van der Waals surface area (Å²) in [5.74, 6) is 0.356. The Kier molecular flexibility index (Phi) is 3.65. The van der Waals surface area contributed by atoms with E-state index in [9.17, 15) is 0 Å². The number of alkyl halides is 1. The predicted molar refractivity (Wildman–Crippen MR) is 39.3 cm³/mol. The smallest absolute Gasteiger partial charge is 0.0656 e. The van der Waals surface area contributed by atoms with Crippen molar-refractivity contribution < 1.29 is 0 Å². The first-order chi connectivity index (χ1) is 4.09. The van der Waals surface area contributed by atoms with Gasteiger partial charge in [-0.2, -0.15) is 5.26 Å². The summed E-state index contributed by atoms with van der Waals surface area (Å²) in [6, 6.07) is 2.16. The van der Waals surface area contributed by atoms with Crippen LogP contribution in [0.5, 0.6) is 0 Å². The molecule has 0 heterocycles. The van der Waals surface area contributed by atoms with Gasteiger partial charge >= 0.3 is 0 Å². The second kappa shape index (κ2) is 3.74. The molecule has 0 saturated heterocycles. The molecule has 0 spiro atoms. The SMILES string of the molecule is CC(Cl)C(C)C(C)C#N. The third kappa shape index (κ3) is 2.72. The van der Waals surface area contributed by atoms with Gasteiger partial charge in [0.05, 0.1) is 6.07 Å². The topological polar surface area (TPSA) is 23.8 Å². The summed E-state index contributed by atoms with van der Waals surface area (Å²) in [6.45, 7) is 5.80. The van der Waals surface area contributed by atoms with Crippen LogP contribution >= 0.6 is 11.6 Å². The van der Waals surface area contributed by atoms with Gasteiger partial charge in [0.2, 0.25) is 0 Å². The fraction of sp³-hybridized carbons (Fsp3) is 0.857. The van der Waals surface area contributed by atoms with Gasteiger partial charge in [-0.25, -0.2) is 0 Å². The molecule has 3 atom stereocenters. The second-order valence-corrected chi connectivity index (χ2v) is 3.14. The molecular weight excluding hydrogens is 134 g/mol. The quantitative estimate of drug-likeness (QED) is 0.548. The molecule has 0 aromatic heterocycles. The lowest BCUT2D eigenvalue weighted by Crippen LogP contribution is -2.14. The molecule has 0 saturated carbocycles. The molecular formula is C7H12ClN. The molecule has 0 rings (SSSR count). The average Bonchev–Trinajstić information content (AvgIpc) is 1.84. The van der Waals surface area contributed by atoms with Crippen LogP contribution < -0.4 is 0 Å². The molecule has 0 N–H and O–H groups in total. The van der Waals surface area contributed by atoms with E-state index in [-0.39, 0.29) is 17.2 Å². The molecule has 0 amide bonds. The summed E-state index contributed by atoms with van der Waals surface area (Å²) in [5.41, 5.74) is 0. The third-order valence-corrected chi connectivity index (χ3v) is 2.11. The van der Waals surface area contributed by atoms with Gasteiger partial charge in [-0.05, 0) is 19.8 Å². The van der Waals surface area contributed by atoms with Crippen molar-refractivity contribution in [3.05, 3.63) is 0 Å². The number of nitriles is 1. The summed E-state index contributed by atoms with van der Waals surface area (Å²) in [4.78, 5) is 0. The number of halogens is 1. The highest BCUT2D eigenvalue weighted by Gasteiger charge is 2.15. The van der Waals surface area contributed by atoms with E-state index in [1.54, 1.807) is 0 Å². The fourth-order valence-electron chi connectivity index (χ4n) is 0.515. The van der Waals surface area contributed by atoms with Gasteiger partial charge in [0.1, 0.15) is 0 Å². The molecule has 2 heteroatoms. The largest absolute Gasteiger partial charge is 0.198 e. The van der Waals surface area contributed by atoms with Crippen LogP contribution in [0.4, 0.5) is 0 Å². The van der Waals surface area contributed by atoms with E-state index in [0.717, 1.165) is 0 Å². The van der Waals surface area contributed by atoms with Crippen LogP contribution in [-0.2, 0) is 0 Å². The van der Waals surface area contributed by atoms with Gasteiger partial charge in [-0.1, -0.05) is 6.92 Å². The Morgan fingerprint density at radius 1 is 1.33 bits per heavy atom. The maximum atomic E-state index is 8.45. The maximum absolute atomic E-state index is 8.45. The molecule has 0 aliphatic rings. The first-order valence-electron chi connectivity index (χ1n) is 3.13. The van der Waals surface area contributed by atoms with Crippen LogP contribution in [0.15, 0.2) is 0 Å². The van der Waals surface area contributed by atoms with Crippen molar-refractivity contribution >= 4 is 11.6 Å². The zero-order valence-electron chi connectivity index (χ0n) is 6.06. The van der Waals surface area contributed by atoms with E-state index in [4.69, 9.17) is 16.9 Å². The molecule has 0 radical (unpaired) electrons. The number of hydrogen-bond acceptors (Lipinski definition) is 1. The lowest BCUT2D eigenvalue weighted by molar-refractivity contribution is 0.461. The Bertz CT molecular complexity index is 115. The molecule has 0 aromatic carbocycles. The Balaban J connectivity index is 3.76. The van der Waals surface area contributed by atoms with Crippen LogP contribution in [0.3, 0.4) is 0 Å². The minimum absolute atomic E-state index is 0.0671. The first-order valence-corrected chi connectivity index (χ1v) is 3.57. The minimum atomic E-state index is 0.0671. The van der Waals surface area contributed by atoms with Crippen molar-refractivity contribution in [2.75, 3.05) is 0 Å². The summed E-state index contributed by atoms with van der Waals surface area (Å²) in [5, 5.41) is 8.54. The number of hydrogen-bond donors (Lipinski definition) is 0. The van der Waals surface area contributed by atoms with Gasteiger partial charge in [0.15, 0.2) is 0 Å². The highest BCUT2D eigenvalue weighted by Crippen LogP contribution is 2.17. The van der Waals surface area contributed by atoms with Crippen molar-refractivity contribution in [3.63, 3.8) is 0 Å². The highest BCUT2D eigenvalue weighted by atomic mass is 35.5. The van der Waals surface area contributed by atoms with Crippen molar-refractivity contribution in [2.45, 2.75) is 26.1 Å². The van der Waals surface area contributed by atoms with Crippen LogP contribution in [-0.4, -0.2) is 5.38 Å². The summed E-state index contributed by atoms with van der Waals surface area (Å²) < 4.78 is 0. The molecule has 1 nitrogen and oxygen atoms in total. The standard InChI is InChI=1S/C7H12ClN/c1-5(4-9)6(2)7(3)8/h5-7H,1-3H3. The van der Waals surface area contributed by atoms with E-state index in [1.807, 2.05) is 20.8 Å². The van der Waals surface area contributed by atoms with Crippen molar-refractivity contribution in [1.29, 1.82) is 5.26 Å². The van der Waals surface area contributed by atoms with Gasteiger partial charge < -0.3 is 0 Å². The second-order valence-electron chi connectivity index (χ2n) is 2.45. The van der Waals surface area contributed by atoms with Gasteiger partial charge in [0, 0.05) is 11.3 Å². The van der Waals surface area contributed by atoms with E-state index in [1.165, 1.54) is 0 Å². The van der Waals surface area contributed by atoms with Crippen molar-refractivity contribution in [2.24, 2.45) is 11.8 Å². The molecule has 0 aliphatic carbocycles. The number of rotatable bonds is 2. The molecule has 9 heavy (non-hydrogen) atoms. The molecule has 3 unspecified atom stereocenters. The maximum Gasteiger partial charge on any atom is 0.0656 e. The summed E-state index contributed by atoms with van der Waals surface area (Å²) >= 11 is 5.75. The molecule has 0 bridgehead atoms. The summed E-state index contributed by atoms with van der Waals surface area (Å²) in [7, 11) is 0. The predicted octanol–water partition coefficient (Wildman–Crippen LogP) is 2.41. The van der Waals surface area contributed by atoms with Crippen molar-refractivity contribution in [3.8, 4) is 6.07 Å². The lowest BCUT2D eigenvalue weighted by atomic mass is 9.95. The third-order valence-electron chi connectivity index (χ3n) is 1.72. The fourth-order valence-corrected chi connectivity index (χ4v) is 0.734. The summed E-state index contributed by atoms with van der Waals surface area (Å²) in [6.07, 6.45) is 0. The Morgan fingerprint density at radius 2 is 1.78 bits per heavy atom. The molecule has 0 aromatic rings. The van der Waals surface area contributed by atoms with Gasteiger partial charge in [0.25, 0.3) is 0 Å². The average molecular weight is 146 g/mol. The highest BCUT2D eigenvalue weighted by molar-refractivity contribution is 6.20. The molecule has 52 valence electrons. The van der Waals surface area contributed by atoms with Crippen LogP contribution in [0.2, 0.25) is 0 Å². The van der Waals surface area contributed by atoms with Crippen LogP contribution in [0.25, 0.3) is 0 Å².